The molecule has 0 aliphatic heterocycles. The normalized spacial score (nSPS) is 21.9. The van der Waals surface area contributed by atoms with Crippen molar-refractivity contribution in [3.05, 3.63) is 24.2 Å². The van der Waals surface area contributed by atoms with E-state index in [1.165, 1.54) is 0 Å². The van der Waals surface area contributed by atoms with Crippen molar-refractivity contribution in [2.45, 2.75) is 25.4 Å². The SMILES string of the molecule is N#CCCN(Cc1ccco1)C(=O)C1CC1N. The van der Waals surface area contributed by atoms with E-state index in [-0.39, 0.29) is 17.9 Å². The van der Waals surface area contributed by atoms with Crippen LogP contribution < -0.4 is 5.73 Å². The molecule has 17 heavy (non-hydrogen) atoms. The van der Waals surface area contributed by atoms with Gasteiger partial charge in [0.05, 0.1) is 31.2 Å². The molecule has 0 radical (unpaired) electrons. The van der Waals surface area contributed by atoms with Gasteiger partial charge in [-0.2, -0.15) is 5.26 Å². The molecule has 0 bridgehead atoms. The van der Waals surface area contributed by atoms with Crippen molar-refractivity contribution < 1.29 is 9.21 Å². The maximum absolute atomic E-state index is 12.0. The van der Waals surface area contributed by atoms with Crippen molar-refractivity contribution in [1.29, 1.82) is 5.26 Å². The molecule has 2 N–H and O–H groups in total. The van der Waals surface area contributed by atoms with Crippen LogP contribution in [-0.4, -0.2) is 23.4 Å². The zero-order valence-electron chi connectivity index (χ0n) is 9.50. The molecular formula is C12H15N3O2. The lowest BCUT2D eigenvalue weighted by Gasteiger charge is -2.20. The van der Waals surface area contributed by atoms with Gasteiger partial charge in [0.25, 0.3) is 0 Å². The summed E-state index contributed by atoms with van der Waals surface area (Å²) in [7, 11) is 0. The molecule has 0 spiro atoms. The molecule has 0 aromatic carbocycles. The summed E-state index contributed by atoms with van der Waals surface area (Å²) in [6.07, 6.45) is 2.65. The quantitative estimate of drug-likeness (QED) is 0.817. The van der Waals surface area contributed by atoms with Crippen molar-refractivity contribution in [2.24, 2.45) is 11.7 Å². The Balaban J connectivity index is 1.97. The van der Waals surface area contributed by atoms with Crippen LogP contribution in [-0.2, 0) is 11.3 Å². The van der Waals surface area contributed by atoms with Gasteiger partial charge in [0, 0.05) is 12.6 Å². The molecule has 1 aromatic heterocycles. The Morgan fingerprint density at radius 2 is 2.47 bits per heavy atom. The molecule has 1 saturated carbocycles. The summed E-state index contributed by atoms with van der Waals surface area (Å²) in [5.41, 5.74) is 5.67. The second-order valence-corrected chi connectivity index (χ2v) is 4.25. The van der Waals surface area contributed by atoms with Gasteiger partial charge in [0.15, 0.2) is 0 Å². The summed E-state index contributed by atoms with van der Waals surface area (Å²) < 4.78 is 5.21. The Bertz CT molecular complexity index is 421. The van der Waals surface area contributed by atoms with E-state index in [1.807, 2.05) is 12.1 Å². The third-order valence-corrected chi connectivity index (χ3v) is 2.89. The number of rotatable bonds is 5. The molecule has 0 saturated heterocycles. The van der Waals surface area contributed by atoms with Crippen LogP contribution in [0.4, 0.5) is 0 Å². The van der Waals surface area contributed by atoms with Crippen LogP contribution in [0.25, 0.3) is 0 Å². The third-order valence-electron chi connectivity index (χ3n) is 2.89. The largest absolute Gasteiger partial charge is 0.467 e. The topological polar surface area (TPSA) is 83.3 Å². The highest BCUT2D eigenvalue weighted by atomic mass is 16.3. The number of nitriles is 1. The molecule has 1 heterocycles. The molecule has 5 nitrogen and oxygen atoms in total. The predicted molar refractivity (Wildman–Crippen MR) is 60.4 cm³/mol. The van der Waals surface area contributed by atoms with E-state index in [9.17, 15) is 4.79 Å². The number of hydrogen-bond acceptors (Lipinski definition) is 4. The molecule has 90 valence electrons. The fourth-order valence-corrected chi connectivity index (χ4v) is 1.78. The van der Waals surface area contributed by atoms with Gasteiger partial charge in [-0.1, -0.05) is 0 Å². The number of amides is 1. The van der Waals surface area contributed by atoms with E-state index >= 15 is 0 Å². The Kier molecular flexibility index (Phi) is 3.45. The molecule has 1 aromatic rings. The van der Waals surface area contributed by atoms with Crippen LogP contribution in [0.1, 0.15) is 18.6 Å². The minimum Gasteiger partial charge on any atom is -0.467 e. The van der Waals surface area contributed by atoms with Crippen LogP contribution in [0.2, 0.25) is 0 Å². The molecular weight excluding hydrogens is 218 g/mol. The molecule has 1 aliphatic rings. The van der Waals surface area contributed by atoms with Gasteiger partial charge in [-0.15, -0.1) is 0 Å². The number of nitrogens with zero attached hydrogens (tertiary/aromatic N) is 2. The minimum absolute atomic E-state index is 0.0105. The maximum Gasteiger partial charge on any atom is 0.227 e. The van der Waals surface area contributed by atoms with Gasteiger partial charge in [0.1, 0.15) is 5.76 Å². The predicted octanol–water partition coefficient (Wildman–Crippen LogP) is 0.869. The summed E-state index contributed by atoms with van der Waals surface area (Å²) in [5, 5.41) is 8.59. The minimum atomic E-state index is -0.0661. The Hall–Kier alpha value is -1.80. The van der Waals surface area contributed by atoms with E-state index < -0.39 is 0 Å². The Morgan fingerprint density at radius 1 is 1.71 bits per heavy atom. The lowest BCUT2D eigenvalue weighted by atomic mass is 10.3. The Labute approximate surface area is 99.8 Å². The number of nitrogens with two attached hydrogens (primary N) is 1. The monoisotopic (exact) mass is 233 g/mol. The van der Waals surface area contributed by atoms with Crippen molar-refractivity contribution in [2.75, 3.05) is 6.54 Å². The molecule has 2 atom stereocenters. The third kappa shape index (κ3) is 2.86. The summed E-state index contributed by atoms with van der Waals surface area (Å²) in [6, 6.07) is 5.64. The highest BCUT2D eigenvalue weighted by Gasteiger charge is 2.42. The van der Waals surface area contributed by atoms with Gasteiger partial charge in [-0.25, -0.2) is 0 Å². The highest BCUT2D eigenvalue weighted by Crippen LogP contribution is 2.30. The zero-order valence-corrected chi connectivity index (χ0v) is 9.50. The first kappa shape index (κ1) is 11.7. The number of hydrogen-bond donors (Lipinski definition) is 1. The van der Waals surface area contributed by atoms with Crippen LogP contribution in [0.15, 0.2) is 22.8 Å². The number of carbonyl (C=O) groups excluding carboxylic acids is 1. The van der Waals surface area contributed by atoms with E-state index in [1.54, 1.807) is 17.2 Å². The van der Waals surface area contributed by atoms with Gasteiger partial charge in [0.2, 0.25) is 5.91 Å². The average Bonchev–Trinajstić information content (AvgIpc) is 2.84. The van der Waals surface area contributed by atoms with Gasteiger partial charge >= 0.3 is 0 Å². The first-order valence-electron chi connectivity index (χ1n) is 5.66. The smallest absolute Gasteiger partial charge is 0.227 e. The summed E-state index contributed by atoms with van der Waals surface area (Å²) in [5.74, 6) is 0.693. The van der Waals surface area contributed by atoms with Crippen LogP contribution in [0, 0.1) is 17.2 Å². The Morgan fingerprint density at radius 3 is 3.00 bits per heavy atom. The van der Waals surface area contributed by atoms with E-state index in [0.29, 0.717) is 19.5 Å². The summed E-state index contributed by atoms with van der Waals surface area (Å²) >= 11 is 0. The summed E-state index contributed by atoms with van der Waals surface area (Å²) in [4.78, 5) is 13.7. The maximum atomic E-state index is 12.0. The van der Waals surface area contributed by atoms with Gasteiger partial charge in [-0.05, 0) is 18.6 Å². The zero-order chi connectivity index (χ0) is 12.3. The highest BCUT2D eigenvalue weighted by molar-refractivity contribution is 5.82. The molecule has 1 fully saturated rings. The van der Waals surface area contributed by atoms with Crippen molar-refractivity contribution in [3.8, 4) is 6.07 Å². The molecule has 1 amide bonds. The second-order valence-electron chi connectivity index (χ2n) is 4.25. The molecule has 1 aliphatic carbocycles. The average molecular weight is 233 g/mol. The number of furan rings is 1. The molecule has 2 unspecified atom stereocenters. The van der Waals surface area contributed by atoms with Crippen LogP contribution in [0.3, 0.4) is 0 Å². The first-order valence-corrected chi connectivity index (χ1v) is 5.66. The fraction of sp³-hybridized carbons (Fsp3) is 0.500. The van der Waals surface area contributed by atoms with Crippen LogP contribution in [0.5, 0.6) is 0 Å². The fourth-order valence-electron chi connectivity index (χ4n) is 1.78. The first-order chi connectivity index (χ1) is 8.22. The van der Waals surface area contributed by atoms with Crippen molar-refractivity contribution in [3.63, 3.8) is 0 Å². The standard InChI is InChI=1S/C12H15N3O2/c13-4-2-5-15(8-9-3-1-6-17-9)12(16)10-7-11(10)14/h1,3,6,10-11H,2,5,7-8,14H2. The molecule has 5 heteroatoms. The number of carbonyl (C=O) groups is 1. The lowest BCUT2D eigenvalue weighted by molar-refractivity contribution is -0.133. The lowest BCUT2D eigenvalue weighted by Crippen LogP contribution is -2.34. The second kappa shape index (κ2) is 5.02. The summed E-state index contributed by atoms with van der Waals surface area (Å²) in [6.45, 7) is 0.843. The van der Waals surface area contributed by atoms with E-state index in [4.69, 9.17) is 15.4 Å². The van der Waals surface area contributed by atoms with Gasteiger partial charge in [-0.3, -0.25) is 4.79 Å². The van der Waals surface area contributed by atoms with Gasteiger partial charge < -0.3 is 15.1 Å². The van der Waals surface area contributed by atoms with E-state index in [2.05, 4.69) is 0 Å². The molecule has 2 rings (SSSR count). The van der Waals surface area contributed by atoms with E-state index in [0.717, 1.165) is 12.2 Å². The van der Waals surface area contributed by atoms with Crippen LogP contribution >= 0.6 is 0 Å². The van der Waals surface area contributed by atoms with Crippen molar-refractivity contribution >= 4 is 5.91 Å². The van der Waals surface area contributed by atoms with Crippen molar-refractivity contribution in [1.82, 2.24) is 4.90 Å².